The Hall–Kier alpha value is -0.920. The van der Waals surface area contributed by atoms with Crippen molar-refractivity contribution < 1.29 is 9.27 Å². The zero-order chi connectivity index (χ0) is 14.5. The molecule has 0 aliphatic rings. The summed E-state index contributed by atoms with van der Waals surface area (Å²) in [6.45, 7) is 5.76. The van der Waals surface area contributed by atoms with Crippen LogP contribution in [0.25, 0.3) is 0 Å². The summed E-state index contributed by atoms with van der Waals surface area (Å²) in [5, 5.41) is 0. The highest BCUT2D eigenvalue weighted by atomic mass is 19.0. The van der Waals surface area contributed by atoms with E-state index in [1.165, 1.54) is 82.9 Å². The molecule has 0 saturated heterocycles. The van der Waals surface area contributed by atoms with Crippen LogP contribution in [-0.2, 0) is 13.0 Å². The lowest BCUT2D eigenvalue weighted by molar-refractivity contribution is -0.704. The molecule has 21 heavy (non-hydrogen) atoms. The zero-order valence-corrected chi connectivity index (χ0v) is 14.1. The van der Waals surface area contributed by atoms with Crippen molar-refractivity contribution in [3.05, 3.63) is 30.1 Å². The van der Waals surface area contributed by atoms with Crippen LogP contribution in [-0.4, -0.2) is 0 Å². The number of hydrogen-bond acceptors (Lipinski definition) is 0. The molecule has 0 unspecified atom stereocenters. The highest BCUT2D eigenvalue weighted by Gasteiger charge is 2.07. The van der Waals surface area contributed by atoms with E-state index in [2.05, 4.69) is 42.8 Å². The molecule has 1 rings (SSSR count). The molecule has 0 aliphatic carbocycles. The summed E-state index contributed by atoms with van der Waals surface area (Å²) in [7, 11) is 0. The molecule has 1 nitrogen and oxygen atoms in total. The Kier molecular flexibility index (Phi) is 13.4. The van der Waals surface area contributed by atoms with E-state index < -0.39 is 0 Å². The zero-order valence-electron chi connectivity index (χ0n) is 14.1. The van der Waals surface area contributed by atoms with Crippen LogP contribution in [0.5, 0.6) is 0 Å². The Labute approximate surface area is 131 Å². The summed E-state index contributed by atoms with van der Waals surface area (Å²) in [6, 6.07) is 6.63. The van der Waals surface area contributed by atoms with Gasteiger partial charge < -0.3 is 4.70 Å². The molecule has 0 radical (unpaired) electrons. The Morgan fingerprint density at radius 2 is 1.38 bits per heavy atom. The number of rotatable bonds is 12. The molecule has 1 heterocycles. The molecule has 1 aromatic heterocycles. The van der Waals surface area contributed by atoms with E-state index in [-0.39, 0.29) is 4.70 Å². The van der Waals surface area contributed by atoms with Crippen LogP contribution in [0.1, 0.15) is 83.7 Å². The SMILES string of the molecule is CCCCCCCCCC[n+]1ccccc1CCCC.[F-]. The van der Waals surface area contributed by atoms with Gasteiger partial charge in [0.05, 0.1) is 0 Å². The number of halogens is 1. The molecule has 0 saturated carbocycles. The molecule has 0 fully saturated rings. The summed E-state index contributed by atoms with van der Waals surface area (Å²) < 4.78 is 2.47. The van der Waals surface area contributed by atoms with Crippen molar-refractivity contribution in [3.63, 3.8) is 0 Å². The van der Waals surface area contributed by atoms with Crippen LogP contribution < -0.4 is 9.27 Å². The normalized spacial score (nSPS) is 10.4. The first-order chi connectivity index (χ1) is 9.88. The maximum absolute atomic E-state index is 2.47. The Morgan fingerprint density at radius 1 is 0.762 bits per heavy atom. The van der Waals surface area contributed by atoms with Gasteiger partial charge in [0.15, 0.2) is 11.9 Å². The fourth-order valence-corrected chi connectivity index (χ4v) is 2.73. The van der Waals surface area contributed by atoms with Crippen molar-refractivity contribution >= 4 is 0 Å². The summed E-state index contributed by atoms with van der Waals surface area (Å²) in [6.07, 6.45) is 17.3. The van der Waals surface area contributed by atoms with Gasteiger partial charge in [-0.2, -0.15) is 0 Å². The first-order valence-corrected chi connectivity index (χ1v) is 8.85. The number of hydrogen-bond donors (Lipinski definition) is 0. The van der Waals surface area contributed by atoms with E-state index in [1.807, 2.05) is 0 Å². The number of aryl methyl sites for hydroxylation is 2. The number of nitrogens with zero attached hydrogens (tertiary/aromatic N) is 1. The van der Waals surface area contributed by atoms with Gasteiger partial charge in [-0.1, -0.05) is 64.9 Å². The second-order valence-electron chi connectivity index (χ2n) is 5.96. The quantitative estimate of drug-likeness (QED) is 0.412. The molecule has 2 heteroatoms. The van der Waals surface area contributed by atoms with E-state index in [4.69, 9.17) is 0 Å². The first-order valence-electron chi connectivity index (χ1n) is 8.85. The van der Waals surface area contributed by atoms with Crippen molar-refractivity contribution in [1.29, 1.82) is 0 Å². The van der Waals surface area contributed by atoms with Crippen molar-refractivity contribution in [3.8, 4) is 0 Å². The molecule has 1 aromatic rings. The fourth-order valence-electron chi connectivity index (χ4n) is 2.73. The summed E-state index contributed by atoms with van der Waals surface area (Å²) in [5.41, 5.74) is 1.51. The van der Waals surface area contributed by atoms with Gasteiger partial charge in [-0.25, -0.2) is 4.57 Å². The minimum Gasteiger partial charge on any atom is -1.00 e. The largest absolute Gasteiger partial charge is 1.00 e. The summed E-state index contributed by atoms with van der Waals surface area (Å²) >= 11 is 0. The van der Waals surface area contributed by atoms with Crippen LogP contribution in [0.4, 0.5) is 0 Å². The van der Waals surface area contributed by atoms with Crippen molar-refractivity contribution in [2.45, 2.75) is 91.0 Å². The van der Waals surface area contributed by atoms with E-state index in [0.717, 1.165) is 0 Å². The van der Waals surface area contributed by atoms with Gasteiger partial charge in [0, 0.05) is 25.0 Å². The van der Waals surface area contributed by atoms with Crippen molar-refractivity contribution in [2.24, 2.45) is 0 Å². The number of unbranched alkanes of at least 4 members (excludes halogenated alkanes) is 8. The maximum Gasteiger partial charge on any atom is 0.181 e. The van der Waals surface area contributed by atoms with Crippen LogP contribution in [0.3, 0.4) is 0 Å². The maximum atomic E-state index is 2.47. The van der Waals surface area contributed by atoms with E-state index in [9.17, 15) is 0 Å². The van der Waals surface area contributed by atoms with Crippen LogP contribution in [0.2, 0.25) is 0 Å². The lowest BCUT2D eigenvalue weighted by Crippen LogP contribution is -3.00. The molecular weight excluding hydrogens is 261 g/mol. The predicted octanol–water partition coefficient (Wildman–Crippen LogP) is 2.46. The standard InChI is InChI=1S/C19H34N.FH/c1-3-5-7-8-9-10-11-13-17-20-18-14-12-16-19(20)15-6-4-2;/h12,14,16,18H,3-11,13,15,17H2,1-2H3;1H/q+1;/p-1. The Balaban J connectivity index is 0.00000400. The Morgan fingerprint density at radius 3 is 2.05 bits per heavy atom. The molecule has 0 aromatic carbocycles. The topological polar surface area (TPSA) is 3.88 Å². The molecule has 122 valence electrons. The van der Waals surface area contributed by atoms with Crippen molar-refractivity contribution in [1.82, 2.24) is 0 Å². The van der Waals surface area contributed by atoms with Crippen molar-refractivity contribution in [2.75, 3.05) is 0 Å². The van der Waals surface area contributed by atoms with Gasteiger partial charge in [0.2, 0.25) is 0 Å². The van der Waals surface area contributed by atoms with E-state index in [1.54, 1.807) is 0 Å². The van der Waals surface area contributed by atoms with Crippen LogP contribution in [0, 0.1) is 0 Å². The highest BCUT2D eigenvalue weighted by Crippen LogP contribution is 2.08. The smallest absolute Gasteiger partial charge is 0.181 e. The van der Waals surface area contributed by atoms with Gasteiger partial charge >= 0.3 is 0 Å². The molecule has 0 aliphatic heterocycles. The Bertz CT molecular complexity index is 338. The molecule has 0 atom stereocenters. The molecule has 0 bridgehead atoms. The number of aromatic nitrogens is 1. The third kappa shape index (κ3) is 9.60. The summed E-state index contributed by atoms with van der Waals surface area (Å²) in [5.74, 6) is 0. The third-order valence-electron chi connectivity index (χ3n) is 4.07. The fraction of sp³-hybridized carbons (Fsp3) is 0.737. The monoisotopic (exact) mass is 295 g/mol. The molecular formula is C19H34FN. The van der Waals surface area contributed by atoms with E-state index >= 15 is 0 Å². The molecule has 0 N–H and O–H groups in total. The number of pyridine rings is 1. The third-order valence-corrected chi connectivity index (χ3v) is 4.07. The lowest BCUT2D eigenvalue weighted by atomic mass is 10.1. The van der Waals surface area contributed by atoms with Gasteiger partial charge in [0.25, 0.3) is 0 Å². The summed E-state index contributed by atoms with van der Waals surface area (Å²) in [4.78, 5) is 0. The first kappa shape index (κ1) is 20.1. The minimum absolute atomic E-state index is 0. The van der Waals surface area contributed by atoms with Crippen LogP contribution in [0.15, 0.2) is 24.4 Å². The average molecular weight is 295 g/mol. The van der Waals surface area contributed by atoms with Crippen LogP contribution >= 0.6 is 0 Å². The van der Waals surface area contributed by atoms with Gasteiger partial charge in [-0.3, -0.25) is 0 Å². The second kappa shape index (κ2) is 14.0. The molecule has 0 spiro atoms. The van der Waals surface area contributed by atoms with Gasteiger partial charge in [0.1, 0.15) is 6.54 Å². The predicted molar refractivity (Wildman–Crippen MR) is 87.9 cm³/mol. The molecule has 0 amide bonds. The minimum atomic E-state index is 0. The lowest BCUT2D eigenvalue weighted by Gasteiger charge is -2.04. The highest BCUT2D eigenvalue weighted by molar-refractivity contribution is 4.97. The van der Waals surface area contributed by atoms with Gasteiger partial charge in [-0.05, 0) is 12.8 Å². The van der Waals surface area contributed by atoms with Gasteiger partial charge in [-0.15, -0.1) is 0 Å². The second-order valence-corrected chi connectivity index (χ2v) is 5.96. The average Bonchev–Trinajstić information content (AvgIpc) is 2.49. The van der Waals surface area contributed by atoms with E-state index in [0.29, 0.717) is 0 Å².